The van der Waals surface area contributed by atoms with E-state index in [-0.39, 0.29) is 35.4 Å². The minimum Gasteiger partial charge on any atom is -0.497 e. The molecule has 0 radical (unpaired) electrons. The van der Waals surface area contributed by atoms with E-state index in [2.05, 4.69) is 10.3 Å². The Balaban J connectivity index is 0.00000225. The SMILES string of the molecule is COc1cccc(NC(N)=NCC2(c3ccc(F)cc3F)CC2)c1.I. The summed E-state index contributed by atoms with van der Waals surface area (Å²) >= 11 is 0. The molecule has 1 saturated carbocycles. The highest BCUT2D eigenvalue weighted by atomic mass is 127. The molecule has 1 aliphatic carbocycles. The number of ether oxygens (including phenoxy) is 1. The Kier molecular flexibility index (Phi) is 6.21. The molecule has 0 aliphatic heterocycles. The van der Waals surface area contributed by atoms with E-state index in [4.69, 9.17) is 10.5 Å². The van der Waals surface area contributed by atoms with Crippen LogP contribution in [0.4, 0.5) is 14.5 Å². The Bertz CT molecular complexity index is 779. The first-order valence-corrected chi connectivity index (χ1v) is 7.69. The minimum absolute atomic E-state index is 0. The van der Waals surface area contributed by atoms with Crippen molar-refractivity contribution in [1.82, 2.24) is 0 Å². The van der Waals surface area contributed by atoms with Crippen molar-refractivity contribution in [3.63, 3.8) is 0 Å². The van der Waals surface area contributed by atoms with Gasteiger partial charge in [-0.15, -0.1) is 24.0 Å². The number of nitrogens with one attached hydrogen (secondary N) is 1. The van der Waals surface area contributed by atoms with Gasteiger partial charge in [0.2, 0.25) is 0 Å². The molecule has 0 spiro atoms. The molecule has 0 bridgehead atoms. The van der Waals surface area contributed by atoms with Gasteiger partial charge in [0.15, 0.2) is 5.96 Å². The van der Waals surface area contributed by atoms with Gasteiger partial charge in [0.25, 0.3) is 0 Å². The van der Waals surface area contributed by atoms with Crippen LogP contribution in [-0.4, -0.2) is 19.6 Å². The van der Waals surface area contributed by atoms with Crippen molar-refractivity contribution in [3.8, 4) is 5.75 Å². The lowest BCUT2D eigenvalue weighted by Gasteiger charge is -2.15. The summed E-state index contributed by atoms with van der Waals surface area (Å²) in [6.07, 6.45) is 1.62. The van der Waals surface area contributed by atoms with Crippen molar-refractivity contribution in [3.05, 3.63) is 59.7 Å². The van der Waals surface area contributed by atoms with Crippen LogP contribution in [0.2, 0.25) is 0 Å². The van der Waals surface area contributed by atoms with E-state index in [0.29, 0.717) is 17.9 Å². The van der Waals surface area contributed by atoms with Gasteiger partial charge in [0.1, 0.15) is 17.4 Å². The van der Waals surface area contributed by atoms with E-state index < -0.39 is 11.6 Å². The van der Waals surface area contributed by atoms with E-state index in [1.165, 1.54) is 12.1 Å². The monoisotopic (exact) mass is 459 g/mol. The second kappa shape index (κ2) is 7.99. The van der Waals surface area contributed by atoms with E-state index in [9.17, 15) is 8.78 Å². The number of rotatable bonds is 5. The summed E-state index contributed by atoms with van der Waals surface area (Å²) in [7, 11) is 1.59. The number of benzene rings is 2. The van der Waals surface area contributed by atoms with Gasteiger partial charge in [0, 0.05) is 23.2 Å². The van der Waals surface area contributed by atoms with Gasteiger partial charge < -0.3 is 15.8 Å². The first-order valence-electron chi connectivity index (χ1n) is 7.69. The fourth-order valence-corrected chi connectivity index (χ4v) is 2.71. The molecule has 0 atom stereocenters. The minimum atomic E-state index is -0.574. The lowest BCUT2D eigenvalue weighted by molar-refractivity contribution is 0.415. The molecule has 25 heavy (non-hydrogen) atoms. The summed E-state index contributed by atoms with van der Waals surface area (Å²) in [6, 6.07) is 11.0. The number of guanidine groups is 1. The van der Waals surface area contributed by atoms with Crippen molar-refractivity contribution in [2.75, 3.05) is 19.0 Å². The van der Waals surface area contributed by atoms with E-state index in [1.807, 2.05) is 18.2 Å². The quantitative estimate of drug-likeness (QED) is 0.403. The Morgan fingerprint density at radius 3 is 2.64 bits per heavy atom. The van der Waals surface area contributed by atoms with Gasteiger partial charge in [-0.1, -0.05) is 12.1 Å². The van der Waals surface area contributed by atoms with Gasteiger partial charge in [0.05, 0.1) is 13.7 Å². The first kappa shape index (κ1) is 19.4. The topological polar surface area (TPSA) is 59.6 Å². The van der Waals surface area contributed by atoms with Crippen molar-refractivity contribution in [2.45, 2.75) is 18.3 Å². The molecule has 3 rings (SSSR count). The smallest absolute Gasteiger partial charge is 0.193 e. The molecule has 7 heteroatoms. The molecule has 2 aromatic carbocycles. The summed E-state index contributed by atoms with van der Waals surface area (Å²) in [5.41, 5.74) is 6.80. The summed E-state index contributed by atoms with van der Waals surface area (Å²) in [5.74, 6) is -0.145. The Morgan fingerprint density at radius 1 is 1.24 bits per heavy atom. The Hall–Kier alpha value is -1.90. The van der Waals surface area contributed by atoms with Crippen LogP contribution < -0.4 is 15.8 Å². The Morgan fingerprint density at radius 2 is 2.00 bits per heavy atom. The molecule has 0 saturated heterocycles. The Labute approximate surface area is 162 Å². The van der Waals surface area contributed by atoms with Gasteiger partial charge in [-0.3, -0.25) is 4.99 Å². The average molecular weight is 459 g/mol. The van der Waals surface area contributed by atoms with Crippen LogP contribution in [0.25, 0.3) is 0 Å². The van der Waals surface area contributed by atoms with Crippen LogP contribution >= 0.6 is 24.0 Å². The highest BCUT2D eigenvalue weighted by Crippen LogP contribution is 2.49. The number of halogens is 3. The van der Waals surface area contributed by atoms with Crippen molar-refractivity contribution in [2.24, 2.45) is 10.7 Å². The zero-order chi connectivity index (χ0) is 17.2. The number of hydrogen-bond acceptors (Lipinski definition) is 2. The number of anilines is 1. The lowest BCUT2D eigenvalue weighted by atomic mass is 9.95. The molecule has 4 nitrogen and oxygen atoms in total. The molecule has 1 fully saturated rings. The van der Waals surface area contributed by atoms with Gasteiger partial charge in [-0.05, 0) is 36.6 Å². The van der Waals surface area contributed by atoms with Crippen molar-refractivity contribution in [1.29, 1.82) is 0 Å². The summed E-state index contributed by atoms with van der Waals surface area (Å²) in [5, 5.41) is 2.99. The highest BCUT2D eigenvalue weighted by molar-refractivity contribution is 14.0. The van der Waals surface area contributed by atoms with Gasteiger partial charge >= 0.3 is 0 Å². The average Bonchev–Trinajstić information content (AvgIpc) is 3.34. The molecule has 0 amide bonds. The summed E-state index contributed by atoms with van der Waals surface area (Å²) < 4.78 is 32.2. The zero-order valence-electron chi connectivity index (χ0n) is 13.8. The van der Waals surface area contributed by atoms with Gasteiger partial charge in [-0.25, -0.2) is 8.78 Å². The van der Waals surface area contributed by atoms with Gasteiger partial charge in [-0.2, -0.15) is 0 Å². The second-order valence-electron chi connectivity index (χ2n) is 5.96. The van der Waals surface area contributed by atoms with Crippen molar-refractivity contribution < 1.29 is 13.5 Å². The maximum atomic E-state index is 14.0. The molecule has 0 heterocycles. The zero-order valence-corrected chi connectivity index (χ0v) is 16.1. The molecular formula is C18H20F2IN3O. The number of methoxy groups -OCH3 is 1. The molecule has 134 valence electrons. The molecule has 1 aliphatic rings. The van der Waals surface area contributed by atoms with E-state index >= 15 is 0 Å². The molecule has 0 unspecified atom stereocenters. The fourth-order valence-electron chi connectivity index (χ4n) is 2.71. The standard InChI is InChI=1S/C18H19F2N3O.HI/c1-24-14-4-2-3-13(10-14)23-17(21)22-11-18(7-8-18)15-6-5-12(19)9-16(15)20;/h2-6,9-10H,7-8,11H2,1H3,(H3,21,22,23);1H. The van der Waals surface area contributed by atoms with Crippen LogP contribution in [0, 0.1) is 11.6 Å². The van der Waals surface area contributed by atoms with Crippen LogP contribution in [-0.2, 0) is 5.41 Å². The predicted octanol–water partition coefficient (Wildman–Crippen LogP) is 4.05. The predicted molar refractivity (Wildman–Crippen MR) is 106 cm³/mol. The fraction of sp³-hybridized carbons (Fsp3) is 0.278. The third-order valence-corrected chi connectivity index (χ3v) is 4.25. The number of hydrogen-bond donors (Lipinski definition) is 2. The lowest BCUT2D eigenvalue weighted by Crippen LogP contribution is -2.25. The number of nitrogens with zero attached hydrogens (tertiary/aromatic N) is 1. The van der Waals surface area contributed by atoms with Crippen LogP contribution in [0.15, 0.2) is 47.5 Å². The van der Waals surface area contributed by atoms with E-state index in [0.717, 1.165) is 24.6 Å². The number of nitrogens with two attached hydrogens (primary N) is 1. The third-order valence-electron chi connectivity index (χ3n) is 4.25. The second-order valence-corrected chi connectivity index (χ2v) is 5.96. The molecular weight excluding hydrogens is 439 g/mol. The highest BCUT2D eigenvalue weighted by Gasteiger charge is 2.46. The molecule has 3 N–H and O–H groups in total. The number of aliphatic imine (C=N–C) groups is 1. The van der Waals surface area contributed by atoms with E-state index in [1.54, 1.807) is 13.2 Å². The van der Waals surface area contributed by atoms with Crippen LogP contribution in [0.1, 0.15) is 18.4 Å². The first-order chi connectivity index (χ1) is 11.5. The normalized spacial score (nSPS) is 15.2. The third kappa shape index (κ3) is 4.59. The van der Waals surface area contributed by atoms with Crippen molar-refractivity contribution >= 4 is 35.6 Å². The largest absolute Gasteiger partial charge is 0.497 e. The maximum absolute atomic E-state index is 14.0. The van der Waals surface area contributed by atoms with Crippen LogP contribution in [0.5, 0.6) is 5.75 Å². The summed E-state index contributed by atoms with van der Waals surface area (Å²) in [6.45, 7) is 0.359. The molecule has 2 aromatic rings. The van der Waals surface area contributed by atoms with Crippen LogP contribution in [0.3, 0.4) is 0 Å². The molecule has 0 aromatic heterocycles. The maximum Gasteiger partial charge on any atom is 0.193 e. The summed E-state index contributed by atoms with van der Waals surface area (Å²) in [4.78, 5) is 4.33.